The maximum absolute atomic E-state index is 12.1. The Balaban J connectivity index is 1.81. The Morgan fingerprint density at radius 2 is 2.26 bits per heavy atom. The van der Waals surface area contributed by atoms with E-state index in [1.807, 2.05) is 13.8 Å². The van der Waals surface area contributed by atoms with Crippen molar-refractivity contribution in [3.8, 4) is 0 Å². The summed E-state index contributed by atoms with van der Waals surface area (Å²) in [5.74, 6) is -0.0332. The lowest BCUT2D eigenvalue weighted by Gasteiger charge is -2.21. The van der Waals surface area contributed by atoms with Gasteiger partial charge in [0, 0.05) is 25.6 Å². The molecule has 0 saturated carbocycles. The van der Waals surface area contributed by atoms with Crippen molar-refractivity contribution in [1.82, 2.24) is 10.2 Å². The lowest BCUT2D eigenvalue weighted by Crippen LogP contribution is -2.36. The van der Waals surface area contributed by atoms with E-state index in [1.165, 1.54) is 18.4 Å². The summed E-state index contributed by atoms with van der Waals surface area (Å²) in [7, 11) is 0. The van der Waals surface area contributed by atoms with E-state index in [2.05, 4.69) is 11.4 Å². The highest BCUT2D eigenvalue weighted by atomic mass is 16.2. The number of allylic oxidation sites excluding steroid dienone is 1. The number of amides is 2. The van der Waals surface area contributed by atoms with Gasteiger partial charge in [-0.15, -0.1) is 0 Å². The second-order valence-corrected chi connectivity index (χ2v) is 5.87. The van der Waals surface area contributed by atoms with Crippen molar-refractivity contribution in [2.24, 2.45) is 5.92 Å². The average Bonchev–Trinajstić information content (AvgIpc) is 2.79. The molecule has 1 heterocycles. The van der Waals surface area contributed by atoms with Crippen molar-refractivity contribution >= 4 is 11.8 Å². The molecule has 2 aliphatic rings. The lowest BCUT2D eigenvalue weighted by atomic mass is 9.99. The first-order valence-electron chi connectivity index (χ1n) is 7.33. The summed E-state index contributed by atoms with van der Waals surface area (Å²) < 4.78 is 0. The van der Waals surface area contributed by atoms with E-state index in [1.54, 1.807) is 4.90 Å². The van der Waals surface area contributed by atoms with Crippen molar-refractivity contribution in [2.75, 3.05) is 13.1 Å². The third-order valence-corrected chi connectivity index (χ3v) is 4.03. The molecule has 0 aromatic rings. The van der Waals surface area contributed by atoms with E-state index in [9.17, 15) is 9.59 Å². The van der Waals surface area contributed by atoms with Crippen molar-refractivity contribution < 1.29 is 9.59 Å². The standard InChI is InChI=1S/C15H24N2O2/c1-11(2)17-10-13(8-14(17)18)15(19)16-9-12-6-4-3-5-7-12/h6,11,13H,3-5,7-10H2,1-2H3,(H,16,19)/t13-/m1/s1. The molecule has 1 aliphatic carbocycles. The molecule has 1 fully saturated rings. The largest absolute Gasteiger partial charge is 0.352 e. The van der Waals surface area contributed by atoms with Crippen LogP contribution in [0.5, 0.6) is 0 Å². The topological polar surface area (TPSA) is 49.4 Å². The Hall–Kier alpha value is -1.32. The third kappa shape index (κ3) is 3.58. The summed E-state index contributed by atoms with van der Waals surface area (Å²) in [5.41, 5.74) is 1.34. The van der Waals surface area contributed by atoms with Gasteiger partial charge in [-0.3, -0.25) is 9.59 Å². The third-order valence-electron chi connectivity index (χ3n) is 4.03. The van der Waals surface area contributed by atoms with Crippen LogP contribution in [0.3, 0.4) is 0 Å². The quantitative estimate of drug-likeness (QED) is 0.788. The van der Waals surface area contributed by atoms with Crippen molar-refractivity contribution in [3.63, 3.8) is 0 Å². The van der Waals surface area contributed by atoms with E-state index in [4.69, 9.17) is 0 Å². The van der Waals surface area contributed by atoms with Gasteiger partial charge in [-0.05, 0) is 39.5 Å². The van der Waals surface area contributed by atoms with Gasteiger partial charge in [0.2, 0.25) is 11.8 Å². The van der Waals surface area contributed by atoms with Crippen LogP contribution in [-0.2, 0) is 9.59 Å². The molecule has 2 amide bonds. The summed E-state index contributed by atoms with van der Waals surface area (Å²) in [4.78, 5) is 25.7. The van der Waals surface area contributed by atoms with Crippen LogP contribution in [0.4, 0.5) is 0 Å². The molecule has 1 saturated heterocycles. The number of carbonyl (C=O) groups is 2. The van der Waals surface area contributed by atoms with Gasteiger partial charge in [-0.1, -0.05) is 11.6 Å². The normalized spacial score (nSPS) is 23.7. The highest BCUT2D eigenvalue weighted by Crippen LogP contribution is 2.21. The average molecular weight is 264 g/mol. The second kappa shape index (κ2) is 6.22. The Bertz CT molecular complexity index is 388. The first-order chi connectivity index (χ1) is 9.08. The lowest BCUT2D eigenvalue weighted by molar-refractivity contribution is -0.129. The molecule has 19 heavy (non-hydrogen) atoms. The molecule has 4 nitrogen and oxygen atoms in total. The Labute approximate surface area is 115 Å². The van der Waals surface area contributed by atoms with E-state index < -0.39 is 0 Å². The van der Waals surface area contributed by atoms with Gasteiger partial charge in [-0.2, -0.15) is 0 Å². The van der Waals surface area contributed by atoms with E-state index in [0.29, 0.717) is 19.5 Å². The molecule has 1 atom stereocenters. The number of likely N-dealkylation sites (tertiary alicyclic amines) is 1. The summed E-state index contributed by atoms with van der Waals surface area (Å²) in [6.45, 7) is 5.21. The highest BCUT2D eigenvalue weighted by Gasteiger charge is 2.35. The van der Waals surface area contributed by atoms with Gasteiger partial charge in [-0.25, -0.2) is 0 Å². The minimum atomic E-state index is -0.168. The highest BCUT2D eigenvalue weighted by molar-refractivity contribution is 5.89. The van der Waals surface area contributed by atoms with E-state index in [0.717, 1.165) is 12.8 Å². The first kappa shape index (κ1) is 14.1. The molecule has 4 heteroatoms. The van der Waals surface area contributed by atoms with Gasteiger partial charge in [0.15, 0.2) is 0 Å². The van der Waals surface area contributed by atoms with Crippen LogP contribution in [0.25, 0.3) is 0 Å². The van der Waals surface area contributed by atoms with E-state index >= 15 is 0 Å². The van der Waals surface area contributed by atoms with Gasteiger partial charge in [0.25, 0.3) is 0 Å². The van der Waals surface area contributed by atoms with Crippen LogP contribution in [0.1, 0.15) is 46.0 Å². The maximum atomic E-state index is 12.1. The Morgan fingerprint density at radius 3 is 2.84 bits per heavy atom. The fraction of sp³-hybridized carbons (Fsp3) is 0.733. The zero-order valence-electron chi connectivity index (χ0n) is 11.9. The predicted molar refractivity (Wildman–Crippen MR) is 74.5 cm³/mol. The number of hydrogen-bond donors (Lipinski definition) is 1. The van der Waals surface area contributed by atoms with Crippen molar-refractivity contribution in [1.29, 1.82) is 0 Å². The van der Waals surface area contributed by atoms with Gasteiger partial charge < -0.3 is 10.2 Å². The number of carbonyl (C=O) groups excluding carboxylic acids is 2. The number of hydrogen-bond acceptors (Lipinski definition) is 2. The summed E-state index contributed by atoms with van der Waals surface area (Å²) in [6, 6.07) is 0.186. The predicted octanol–water partition coefficient (Wildman–Crippen LogP) is 1.86. The summed E-state index contributed by atoms with van der Waals surface area (Å²) >= 11 is 0. The van der Waals surface area contributed by atoms with Crippen LogP contribution < -0.4 is 5.32 Å². The van der Waals surface area contributed by atoms with Crippen LogP contribution in [0.2, 0.25) is 0 Å². The summed E-state index contributed by atoms with van der Waals surface area (Å²) in [6.07, 6.45) is 7.33. The Morgan fingerprint density at radius 1 is 1.47 bits per heavy atom. The fourth-order valence-electron chi connectivity index (χ4n) is 2.82. The maximum Gasteiger partial charge on any atom is 0.225 e. The zero-order valence-corrected chi connectivity index (χ0v) is 11.9. The molecular formula is C15H24N2O2. The van der Waals surface area contributed by atoms with Crippen LogP contribution >= 0.6 is 0 Å². The zero-order chi connectivity index (χ0) is 13.8. The van der Waals surface area contributed by atoms with Crippen LogP contribution in [0.15, 0.2) is 11.6 Å². The molecule has 0 aromatic carbocycles. The Kier molecular flexibility index (Phi) is 4.61. The van der Waals surface area contributed by atoms with E-state index in [-0.39, 0.29) is 23.8 Å². The molecule has 0 spiro atoms. The SMILES string of the molecule is CC(C)N1C[C@H](C(=O)NCC2=CCCCC2)CC1=O. The second-order valence-electron chi connectivity index (χ2n) is 5.87. The minimum Gasteiger partial charge on any atom is -0.352 e. The number of nitrogens with one attached hydrogen (secondary N) is 1. The smallest absolute Gasteiger partial charge is 0.225 e. The van der Waals surface area contributed by atoms with Crippen LogP contribution in [-0.4, -0.2) is 35.8 Å². The molecule has 0 unspecified atom stereocenters. The summed E-state index contributed by atoms with van der Waals surface area (Å²) in [5, 5.41) is 2.99. The number of rotatable bonds is 4. The molecule has 106 valence electrons. The van der Waals surface area contributed by atoms with Crippen molar-refractivity contribution in [3.05, 3.63) is 11.6 Å². The number of nitrogens with zero attached hydrogens (tertiary/aromatic N) is 1. The molecule has 1 aliphatic heterocycles. The monoisotopic (exact) mass is 264 g/mol. The van der Waals surface area contributed by atoms with Gasteiger partial charge >= 0.3 is 0 Å². The molecule has 0 aromatic heterocycles. The molecule has 0 bridgehead atoms. The van der Waals surface area contributed by atoms with Crippen molar-refractivity contribution in [2.45, 2.75) is 52.0 Å². The molecular weight excluding hydrogens is 240 g/mol. The minimum absolute atomic E-state index is 0.0305. The molecule has 2 rings (SSSR count). The molecule has 0 radical (unpaired) electrons. The molecule has 1 N–H and O–H groups in total. The van der Waals surface area contributed by atoms with Gasteiger partial charge in [0.1, 0.15) is 0 Å². The van der Waals surface area contributed by atoms with Gasteiger partial charge in [0.05, 0.1) is 5.92 Å². The first-order valence-corrected chi connectivity index (χ1v) is 7.33. The fourth-order valence-corrected chi connectivity index (χ4v) is 2.82. The van der Waals surface area contributed by atoms with Crippen LogP contribution in [0, 0.1) is 5.92 Å².